The molecule has 0 bridgehead atoms. The van der Waals surface area contributed by atoms with Gasteiger partial charge in [0.1, 0.15) is 0 Å². The molecule has 0 aromatic heterocycles. The lowest BCUT2D eigenvalue weighted by Crippen LogP contribution is -2.18. The normalized spacial score (nSPS) is 14.3. The highest BCUT2D eigenvalue weighted by molar-refractivity contribution is 5.69. The van der Waals surface area contributed by atoms with Crippen molar-refractivity contribution < 1.29 is 9.90 Å². The van der Waals surface area contributed by atoms with Crippen LogP contribution in [-0.2, 0) is 4.79 Å². The first-order valence-electron chi connectivity index (χ1n) is 6.88. The first-order chi connectivity index (χ1) is 8.01. The predicted octanol–water partition coefficient (Wildman–Crippen LogP) is 4.65. The number of aliphatic carboxylic acids is 1. The molecule has 0 aliphatic carbocycles. The number of allylic oxidation sites excluding steroid dienone is 1. The standard InChI is InChI=1S/C15H28O2/c1-5-7-8-13(6-2)11-14(15(16)17)10-9-12(3)4/h13-14H,3,5-11H2,1-2,4H3,(H,16,17). The van der Waals surface area contributed by atoms with Crippen LogP contribution in [0.15, 0.2) is 12.2 Å². The Bertz CT molecular complexity index is 233. The van der Waals surface area contributed by atoms with Crippen LogP contribution in [0.4, 0.5) is 0 Å². The Hall–Kier alpha value is -0.790. The van der Waals surface area contributed by atoms with Crippen LogP contribution < -0.4 is 0 Å². The molecule has 1 N–H and O–H groups in total. The zero-order valence-electron chi connectivity index (χ0n) is 11.7. The molecule has 2 atom stereocenters. The van der Waals surface area contributed by atoms with Gasteiger partial charge in [0.2, 0.25) is 0 Å². The van der Waals surface area contributed by atoms with Crippen LogP contribution in [0.1, 0.15) is 65.7 Å². The van der Waals surface area contributed by atoms with Crippen molar-refractivity contribution in [3.63, 3.8) is 0 Å². The molecule has 2 unspecified atom stereocenters. The van der Waals surface area contributed by atoms with E-state index in [1.807, 2.05) is 6.92 Å². The topological polar surface area (TPSA) is 37.3 Å². The largest absolute Gasteiger partial charge is 0.481 e. The van der Waals surface area contributed by atoms with E-state index >= 15 is 0 Å². The summed E-state index contributed by atoms with van der Waals surface area (Å²) in [5.74, 6) is -0.254. The van der Waals surface area contributed by atoms with Crippen LogP contribution in [0.5, 0.6) is 0 Å². The smallest absolute Gasteiger partial charge is 0.306 e. The summed E-state index contributed by atoms with van der Waals surface area (Å²) < 4.78 is 0. The number of hydrogen-bond acceptors (Lipinski definition) is 1. The highest BCUT2D eigenvalue weighted by atomic mass is 16.4. The third-order valence-electron chi connectivity index (χ3n) is 3.43. The zero-order valence-corrected chi connectivity index (χ0v) is 11.7. The molecule has 0 spiro atoms. The Morgan fingerprint density at radius 3 is 2.35 bits per heavy atom. The minimum atomic E-state index is -0.638. The van der Waals surface area contributed by atoms with E-state index in [9.17, 15) is 9.90 Å². The molecule has 0 aromatic carbocycles. The molecule has 100 valence electrons. The van der Waals surface area contributed by atoms with Gasteiger partial charge in [-0.25, -0.2) is 0 Å². The lowest BCUT2D eigenvalue weighted by molar-refractivity contribution is -0.142. The van der Waals surface area contributed by atoms with Crippen molar-refractivity contribution in [3.05, 3.63) is 12.2 Å². The molecule has 0 amide bonds. The number of carboxylic acid groups (broad SMARTS) is 1. The fraction of sp³-hybridized carbons (Fsp3) is 0.800. The zero-order chi connectivity index (χ0) is 13.3. The summed E-state index contributed by atoms with van der Waals surface area (Å²) in [4.78, 5) is 11.2. The molecular formula is C15H28O2. The Labute approximate surface area is 106 Å². The van der Waals surface area contributed by atoms with Crippen molar-refractivity contribution in [2.45, 2.75) is 65.7 Å². The van der Waals surface area contributed by atoms with Gasteiger partial charge in [-0.1, -0.05) is 45.1 Å². The molecule has 0 aliphatic heterocycles. The van der Waals surface area contributed by atoms with Gasteiger partial charge in [0, 0.05) is 0 Å². The molecular weight excluding hydrogens is 212 g/mol. The summed E-state index contributed by atoms with van der Waals surface area (Å²) in [6.07, 6.45) is 7.08. The third kappa shape index (κ3) is 8.00. The summed E-state index contributed by atoms with van der Waals surface area (Å²) in [5.41, 5.74) is 1.08. The maximum Gasteiger partial charge on any atom is 0.306 e. The Morgan fingerprint density at radius 1 is 1.29 bits per heavy atom. The number of hydrogen-bond donors (Lipinski definition) is 1. The summed E-state index contributed by atoms with van der Waals surface area (Å²) in [6, 6.07) is 0. The molecule has 0 saturated carbocycles. The number of carboxylic acids is 1. The van der Waals surface area contributed by atoms with Crippen molar-refractivity contribution in [1.29, 1.82) is 0 Å². The summed E-state index contributed by atoms with van der Waals surface area (Å²) in [5, 5.41) is 9.23. The average molecular weight is 240 g/mol. The Morgan fingerprint density at radius 2 is 1.94 bits per heavy atom. The van der Waals surface area contributed by atoms with E-state index in [2.05, 4.69) is 20.4 Å². The lowest BCUT2D eigenvalue weighted by atomic mass is 9.86. The predicted molar refractivity (Wildman–Crippen MR) is 73.1 cm³/mol. The first kappa shape index (κ1) is 16.2. The van der Waals surface area contributed by atoms with Gasteiger partial charge in [-0.3, -0.25) is 4.79 Å². The highest BCUT2D eigenvalue weighted by Gasteiger charge is 2.21. The molecule has 17 heavy (non-hydrogen) atoms. The first-order valence-corrected chi connectivity index (χ1v) is 6.88. The van der Waals surface area contributed by atoms with Crippen LogP contribution in [0, 0.1) is 11.8 Å². The van der Waals surface area contributed by atoms with Crippen LogP contribution in [0.2, 0.25) is 0 Å². The maximum absolute atomic E-state index is 11.2. The SMILES string of the molecule is C=C(C)CCC(CC(CC)CCCC)C(=O)O. The van der Waals surface area contributed by atoms with E-state index in [4.69, 9.17) is 0 Å². The van der Waals surface area contributed by atoms with E-state index in [0.717, 1.165) is 31.3 Å². The van der Waals surface area contributed by atoms with Gasteiger partial charge in [-0.05, 0) is 32.1 Å². The van der Waals surface area contributed by atoms with Gasteiger partial charge in [0.15, 0.2) is 0 Å². The van der Waals surface area contributed by atoms with E-state index < -0.39 is 5.97 Å². The molecule has 2 nitrogen and oxygen atoms in total. The highest BCUT2D eigenvalue weighted by Crippen LogP contribution is 2.25. The molecule has 0 saturated heterocycles. The van der Waals surface area contributed by atoms with E-state index in [1.165, 1.54) is 19.3 Å². The van der Waals surface area contributed by atoms with Gasteiger partial charge in [0.05, 0.1) is 5.92 Å². The summed E-state index contributed by atoms with van der Waals surface area (Å²) in [7, 11) is 0. The monoisotopic (exact) mass is 240 g/mol. The number of rotatable bonds is 10. The van der Waals surface area contributed by atoms with Gasteiger partial charge in [-0.15, -0.1) is 6.58 Å². The second-order valence-corrected chi connectivity index (χ2v) is 5.18. The van der Waals surface area contributed by atoms with E-state index in [0.29, 0.717) is 5.92 Å². The molecule has 0 aromatic rings. The summed E-state index contributed by atoms with van der Waals surface area (Å²) in [6.45, 7) is 10.2. The third-order valence-corrected chi connectivity index (χ3v) is 3.43. The summed E-state index contributed by atoms with van der Waals surface area (Å²) >= 11 is 0. The van der Waals surface area contributed by atoms with Crippen molar-refractivity contribution in [3.8, 4) is 0 Å². The molecule has 0 aliphatic rings. The van der Waals surface area contributed by atoms with Crippen LogP contribution in [0.3, 0.4) is 0 Å². The molecule has 0 rings (SSSR count). The van der Waals surface area contributed by atoms with E-state index in [-0.39, 0.29) is 5.92 Å². The van der Waals surface area contributed by atoms with E-state index in [1.54, 1.807) is 0 Å². The lowest BCUT2D eigenvalue weighted by Gasteiger charge is -2.19. The van der Waals surface area contributed by atoms with Gasteiger partial charge < -0.3 is 5.11 Å². The molecule has 2 heteroatoms. The fourth-order valence-electron chi connectivity index (χ4n) is 2.15. The van der Waals surface area contributed by atoms with Crippen molar-refractivity contribution in [2.75, 3.05) is 0 Å². The van der Waals surface area contributed by atoms with Gasteiger partial charge in [0.25, 0.3) is 0 Å². The second-order valence-electron chi connectivity index (χ2n) is 5.18. The average Bonchev–Trinajstić information content (AvgIpc) is 2.27. The molecule has 0 fully saturated rings. The van der Waals surface area contributed by atoms with Crippen molar-refractivity contribution in [2.24, 2.45) is 11.8 Å². The minimum Gasteiger partial charge on any atom is -0.481 e. The van der Waals surface area contributed by atoms with Crippen LogP contribution in [-0.4, -0.2) is 11.1 Å². The second kappa shape index (κ2) is 9.26. The van der Waals surface area contributed by atoms with Gasteiger partial charge >= 0.3 is 5.97 Å². The van der Waals surface area contributed by atoms with Gasteiger partial charge in [-0.2, -0.15) is 0 Å². The number of carbonyl (C=O) groups is 1. The maximum atomic E-state index is 11.2. The van der Waals surface area contributed by atoms with Crippen LogP contribution >= 0.6 is 0 Å². The Balaban J connectivity index is 4.19. The number of unbranched alkanes of at least 4 members (excludes halogenated alkanes) is 1. The molecule has 0 radical (unpaired) electrons. The van der Waals surface area contributed by atoms with Crippen molar-refractivity contribution >= 4 is 5.97 Å². The molecule has 0 heterocycles. The minimum absolute atomic E-state index is 0.187. The fourth-order valence-corrected chi connectivity index (χ4v) is 2.15. The Kier molecular flexibility index (Phi) is 8.83. The van der Waals surface area contributed by atoms with Crippen LogP contribution in [0.25, 0.3) is 0 Å². The quantitative estimate of drug-likeness (QED) is 0.564. The van der Waals surface area contributed by atoms with Crippen molar-refractivity contribution in [1.82, 2.24) is 0 Å².